The van der Waals surface area contributed by atoms with Crippen LogP contribution in [0.3, 0.4) is 0 Å². The Morgan fingerprint density at radius 1 is 1.25 bits per heavy atom. The molecule has 2 aromatic carbocycles. The second kappa shape index (κ2) is 5.58. The minimum absolute atomic E-state index is 0.0902. The van der Waals surface area contributed by atoms with Crippen molar-refractivity contribution >= 4 is 34.6 Å². The molecule has 0 heterocycles. The lowest BCUT2D eigenvalue weighted by Crippen LogP contribution is -2.13. The van der Waals surface area contributed by atoms with E-state index in [2.05, 4.69) is 5.32 Å². The van der Waals surface area contributed by atoms with Gasteiger partial charge in [0.05, 0.1) is 16.3 Å². The molecule has 20 heavy (non-hydrogen) atoms. The highest BCUT2D eigenvalue weighted by Gasteiger charge is 2.14. The molecule has 0 atom stereocenters. The molecule has 7 heteroatoms. The maximum absolute atomic E-state index is 12.0. The topological polar surface area (TPSA) is 98.3 Å². The largest absolute Gasteiger partial charge is 0.397 e. The summed E-state index contributed by atoms with van der Waals surface area (Å²) in [6.07, 6.45) is 0. The number of non-ortho nitro benzene ring substituents is 1. The Kier molecular flexibility index (Phi) is 3.86. The molecule has 0 aromatic heterocycles. The van der Waals surface area contributed by atoms with E-state index in [4.69, 9.17) is 17.3 Å². The fraction of sp³-hybridized carbons (Fsp3) is 0. The molecule has 0 unspecified atom stereocenters. The van der Waals surface area contributed by atoms with E-state index in [1.807, 2.05) is 0 Å². The molecule has 0 radical (unpaired) electrons. The third-order valence-electron chi connectivity index (χ3n) is 2.56. The number of halogens is 1. The van der Waals surface area contributed by atoms with Gasteiger partial charge < -0.3 is 11.1 Å². The maximum atomic E-state index is 12.0. The monoisotopic (exact) mass is 291 g/mol. The predicted octanol–water partition coefficient (Wildman–Crippen LogP) is 3.08. The lowest BCUT2D eigenvalue weighted by Gasteiger charge is -2.08. The standard InChI is InChI=1S/C13H10ClN3O3/c14-9-5-8(6-10(7-9)17(19)20)13(18)16-12-4-2-1-3-11(12)15/h1-7H,15H2,(H,16,18). The SMILES string of the molecule is Nc1ccccc1NC(=O)c1cc(Cl)cc([N+](=O)[O-])c1. The number of nitrogen functional groups attached to an aromatic ring is 1. The highest BCUT2D eigenvalue weighted by molar-refractivity contribution is 6.31. The van der Waals surface area contributed by atoms with Crippen LogP contribution in [-0.2, 0) is 0 Å². The zero-order chi connectivity index (χ0) is 14.7. The van der Waals surface area contributed by atoms with Crippen molar-refractivity contribution in [1.82, 2.24) is 0 Å². The van der Waals surface area contributed by atoms with E-state index in [-0.39, 0.29) is 16.3 Å². The number of para-hydroxylation sites is 2. The van der Waals surface area contributed by atoms with Crippen molar-refractivity contribution in [3.05, 3.63) is 63.2 Å². The molecule has 6 nitrogen and oxygen atoms in total. The Bertz CT molecular complexity index is 688. The van der Waals surface area contributed by atoms with Crippen LogP contribution in [0.1, 0.15) is 10.4 Å². The Balaban J connectivity index is 2.30. The first-order valence-corrected chi connectivity index (χ1v) is 5.96. The Morgan fingerprint density at radius 2 is 1.95 bits per heavy atom. The summed E-state index contributed by atoms with van der Waals surface area (Å²) in [4.78, 5) is 22.2. The molecule has 2 rings (SSSR count). The summed E-state index contributed by atoms with van der Waals surface area (Å²) < 4.78 is 0. The molecule has 0 fully saturated rings. The van der Waals surface area contributed by atoms with Crippen LogP contribution in [0.4, 0.5) is 17.1 Å². The van der Waals surface area contributed by atoms with Gasteiger partial charge in [-0.2, -0.15) is 0 Å². The van der Waals surface area contributed by atoms with Crippen LogP contribution in [0.25, 0.3) is 0 Å². The van der Waals surface area contributed by atoms with Crippen LogP contribution in [-0.4, -0.2) is 10.8 Å². The molecule has 0 aliphatic carbocycles. The average molecular weight is 292 g/mol. The second-order valence-corrected chi connectivity index (χ2v) is 4.43. The number of hydrogen-bond acceptors (Lipinski definition) is 4. The Hall–Kier alpha value is -2.60. The van der Waals surface area contributed by atoms with Gasteiger partial charge in [-0.05, 0) is 18.2 Å². The number of rotatable bonds is 3. The first-order chi connectivity index (χ1) is 9.47. The highest BCUT2D eigenvalue weighted by atomic mass is 35.5. The van der Waals surface area contributed by atoms with Gasteiger partial charge in [0.2, 0.25) is 0 Å². The normalized spacial score (nSPS) is 10.1. The number of nitrogens with one attached hydrogen (secondary N) is 1. The van der Waals surface area contributed by atoms with Gasteiger partial charge in [0.25, 0.3) is 11.6 Å². The summed E-state index contributed by atoms with van der Waals surface area (Å²) in [6.45, 7) is 0. The fourth-order valence-electron chi connectivity index (χ4n) is 1.62. The van der Waals surface area contributed by atoms with Crippen LogP contribution in [0.2, 0.25) is 5.02 Å². The van der Waals surface area contributed by atoms with Gasteiger partial charge in [-0.25, -0.2) is 0 Å². The lowest BCUT2D eigenvalue weighted by molar-refractivity contribution is -0.384. The number of nitro groups is 1. The molecule has 1 amide bonds. The zero-order valence-electron chi connectivity index (χ0n) is 10.2. The fourth-order valence-corrected chi connectivity index (χ4v) is 1.85. The van der Waals surface area contributed by atoms with Gasteiger partial charge >= 0.3 is 0 Å². The minimum atomic E-state index is -0.612. The second-order valence-electron chi connectivity index (χ2n) is 4.00. The van der Waals surface area contributed by atoms with E-state index >= 15 is 0 Å². The van der Waals surface area contributed by atoms with Gasteiger partial charge in [-0.15, -0.1) is 0 Å². The number of nitro benzene ring substituents is 1. The molecule has 2 aromatic rings. The average Bonchev–Trinajstić information content (AvgIpc) is 2.40. The molecule has 3 N–H and O–H groups in total. The molecule has 0 saturated heterocycles. The van der Waals surface area contributed by atoms with Gasteiger partial charge in [0.15, 0.2) is 0 Å². The smallest absolute Gasteiger partial charge is 0.271 e. The maximum Gasteiger partial charge on any atom is 0.271 e. The third-order valence-corrected chi connectivity index (χ3v) is 2.78. The van der Waals surface area contributed by atoms with Crippen LogP contribution < -0.4 is 11.1 Å². The van der Waals surface area contributed by atoms with Crippen molar-refractivity contribution in [2.45, 2.75) is 0 Å². The molecule has 0 aliphatic rings. The van der Waals surface area contributed by atoms with Crippen molar-refractivity contribution in [3.8, 4) is 0 Å². The van der Waals surface area contributed by atoms with Crippen molar-refractivity contribution in [2.24, 2.45) is 0 Å². The molecule has 102 valence electrons. The van der Waals surface area contributed by atoms with E-state index < -0.39 is 10.8 Å². The minimum Gasteiger partial charge on any atom is -0.397 e. The van der Waals surface area contributed by atoms with Crippen molar-refractivity contribution in [3.63, 3.8) is 0 Å². The molecule has 0 aliphatic heterocycles. The number of amides is 1. The Morgan fingerprint density at radius 3 is 2.60 bits per heavy atom. The van der Waals surface area contributed by atoms with Gasteiger partial charge in [-0.3, -0.25) is 14.9 Å². The number of nitrogens with two attached hydrogens (primary N) is 1. The predicted molar refractivity (Wildman–Crippen MR) is 76.9 cm³/mol. The first-order valence-electron chi connectivity index (χ1n) is 5.58. The van der Waals surface area contributed by atoms with Crippen LogP contribution in [0.15, 0.2) is 42.5 Å². The molecule has 0 bridgehead atoms. The lowest BCUT2D eigenvalue weighted by atomic mass is 10.1. The third kappa shape index (κ3) is 3.04. The van der Waals surface area contributed by atoms with Crippen LogP contribution in [0.5, 0.6) is 0 Å². The van der Waals surface area contributed by atoms with Gasteiger partial charge in [-0.1, -0.05) is 23.7 Å². The summed E-state index contributed by atoms with van der Waals surface area (Å²) in [5.74, 6) is -0.520. The van der Waals surface area contributed by atoms with Crippen LogP contribution in [0, 0.1) is 10.1 Å². The number of carbonyl (C=O) groups is 1. The van der Waals surface area contributed by atoms with E-state index in [0.29, 0.717) is 11.4 Å². The summed E-state index contributed by atoms with van der Waals surface area (Å²) in [7, 11) is 0. The molecule has 0 saturated carbocycles. The van der Waals surface area contributed by atoms with E-state index in [9.17, 15) is 14.9 Å². The highest BCUT2D eigenvalue weighted by Crippen LogP contribution is 2.23. The van der Waals surface area contributed by atoms with Crippen molar-refractivity contribution in [2.75, 3.05) is 11.1 Å². The van der Waals surface area contributed by atoms with Gasteiger partial charge in [0, 0.05) is 22.7 Å². The van der Waals surface area contributed by atoms with Crippen molar-refractivity contribution < 1.29 is 9.72 Å². The molecular weight excluding hydrogens is 282 g/mol. The van der Waals surface area contributed by atoms with E-state index in [0.717, 1.165) is 6.07 Å². The summed E-state index contributed by atoms with van der Waals surface area (Å²) >= 11 is 5.76. The summed E-state index contributed by atoms with van der Waals surface area (Å²) in [6, 6.07) is 10.4. The zero-order valence-corrected chi connectivity index (χ0v) is 10.9. The number of nitrogens with zero attached hydrogens (tertiary/aromatic N) is 1. The first kappa shape index (κ1) is 13.8. The number of carbonyl (C=O) groups excluding carboxylic acids is 1. The van der Waals surface area contributed by atoms with Crippen molar-refractivity contribution in [1.29, 1.82) is 0 Å². The number of anilines is 2. The van der Waals surface area contributed by atoms with E-state index in [1.54, 1.807) is 24.3 Å². The van der Waals surface area contributed by atoms with E-state index in [1.165, 1.54) is 12.1 Å². The summed E-state index contributed by atoms with van der Waals surface area (Å²) in [5.41, 5.74) is 6.38. The van der Waals surface area contributed by atoms with Gasteiger partial charge in [0.1, 0.15) is 0 Å². The van der Waals surface area contributed by atoms with Crippen LogP contribution >= 0.6 is 11.6 Å². The Labute approximate surface area is 119 Å². The number of hydrogen-bond donors (Lipinski definition) is 2. The quantitative estimate of drug-likeness (QED) is 0.516. The summed E-state index contributed by atoms with van der Waals surface area (Å²) in [5, 5.41) is 13.4. The number of benzene rings is 2. The molecular formula is C13H10ClN3O3. The molecule has 0 spiro atoms.